The maximum atomic E-state index is 12.7. The molecule has 2 heterocycles. The first-order valence-corrected chi connectivity index (χ1v) is 7.65. The Morgan fingerprint density at radius 2 is 2.33 bits per heavy atom. The van der Waals surface area contributed by atoms with E-state index in [4.69, 9.17) is 4.74 Å². The van der Waals surface area contributed by atoms with Crippen molar-refractivity contribution < 1.29 is 9.53 Å². The number of ether oxygens (including phenoxy) is 1. The van der Waals surface area contributed by atoms with Gasteiger partial charge in [-0.3, -0.25) is 9.48 Å². The molecule has 5 nitrogen and oxygen atoms in total. The summed E-state index contributed by atoms with van der Waals surface area (Å²) >= 11 is 0. The molecule has 1 aliphatic heterocycles. The van der Waals surface area contributed by atoms with Crippen LogP contribution >= 0.6 is 0 Å². The number of aryl methyl sites for hydroxylation is 1. The van der Waals surface area contributed by atoms with Gasteiger partial charge in [-0.05, 0) is 26.2 Å². The zero-order valence-corrected chi connectivity index (χ0v) is 12.8. The lowest BCUT2D eigenvalue weighted by Gasteiger charge is -2.41. The Morgan fingerprint density at radius 3 is 3.00 bits per heavy atom. The van der Waals surface area contributed by atoms with E-state index < -0.39 is 5.60 Å². The van der Waals surface area contributed by atoms with Crippen LogP contribution in [0.25, 0.3) is 0 Å². The van der Waals surface area contributed by atoms with Crippen molar-refractivity contribution in [2.24, 2.45) is 13.0 Å². The van der Waals surface area contributed by atoms with Gasteiger partial charge in [-0.25, -0.2) is 0 Å². The minimum absolute atomic E-state index is 0.145. The van der Waals surface area contributed by atoms with Crippen molar-refractivity contribution in [2.45, 2.75) is 31.8 Å². The maximum absolute atomic E-state index is 12.7. The number of carbonyl (C=O) groups is 1. The SMILES string of the molecule is Cn1cc([C@]2(C)CN(C(=O)[C@H]3CC=CCC3)CCO2)cn1. The first-order chi connectivity index (χ1) is 10.1. The van der Waals surface area contributed by atoms with Gasteiger partial charge in [-0.15, -0.1) is 0 Å². The summed E-state index contributed by atoms with van der Waals surface area (Å²) in [6, 6.07) is 0. The van der Waals surface area contributed by atoms with Crippen LogP contribution in [0.15, 0.2) is 24.5 Å². The van der Waals surface area contributed by atoms with E-state index in [1.165, 1.54) is 0 Å². The number of carbonyl (C=O) groups excluding carboxylic acids is 1. The van der Waals surface area contributed by atoms with E-state index in [1.807, 2.05) is 31.3 Å². The first kappa shape index (κ1) is 14.3. The Balaban J connectivity index is 1.73. The van der Waals surface area contributed by atoms with Crippen molar-refractivity contribution in [3.05, 3.63) is 30.1 Å². The van der Waals surface area contributed by atoms with Gasteiger partial charge in [0.2, 0.25) is 5.91 Å². The van der Waals surface area contributed by atoms with Gasteiger partial charge in [0.05, 0.1) is 19.3 Å². The molecule has 0 saturated carbocycles. The Kier molecular flexibility index (Phi) is 3.85. The smallest absolute Gasteiger partial charge is 0.226 e. The lowest BCUT2D eigenvalue weighted by atomic mass is 9.91. The largest absolute Gasteiger partial charge is 0.367 e. The number of allylic oxidation sites excluding steroid dienone is 2. The molecule has 3 rings (SSSR count). The highest BCUT2D eigenvalue weighted by molar-refractivity contribution is 5.79. The van der Waals surface area contributed by atoms with Gasteiger partial charge >= 0.3 is 0 Å². The highest BCUT2D eigenvalue weighted by Gasteiger charge is 2.38. The monoisotopic (exact) mass is 289 g/mol. The second kappa shape index (κ2) is 5.64. The zero-order valence-electron chi connectivity index (χ0n) is 12.8. The van der Waals surface area contributed by atoms with Crippen LogP contribution in [0.3, 0.4) is 0 Å². The average molecular weight is 289 g/mol. The van der Waals surface area contributed by atoms with Crippen LogP contribution in [0.5, 0.6) is 0 Å². The van der Waals surface area contributed by atoms with Crippen LogP contribution in [-0.2, 0) is 22.2 Å². The predicted octanol–water partition coefficient (Wildman–Crippen LogP) is 1.85. The fraction of sp³-hybridized carbons (Fsp3) is 0.625. The molecule has 1 amide bonds. The Morgan fingerprint density at radius 1 is 1.48 bits per heavy atom. The van der Waals surface area contributed by atoms with Crippen LogP contribution in [0, 0.1) is 5.92 Å². The van der Waals surface area contributed by atoms with Gasteiger partial charge < -0.3 is 9.64 Å². The van der Waals surface area contributed by atoms with Gasteiger partial charge in [0, 0.05) is 31.3 Å². The van der Waals surface area contributed by atoms with E-state index >= 15 is 0 Å². The fourth-order valence-corrected chi connectivity index (χ4v) is 3.20. The second-order valence-corrected chi connectivity index (χ2v) is 6.22. The van der Waals surface area contributed by atoms with Gasteiger partial charge in [0.1, 0.15) is 5.60 Å². The Hall–Kier alpha value is -1.62. The number of hydrogen-bond acceptors (Lipinski definition) is 3. The number of nitrogens with zero attached hydrogens (tertiary/aromatic N) is 3. The van der Waals surface area contributed by atoms with E-state index in [-0.39, 0.29) is 11.8 Å². The molecule has 0 bridgehead atoms. The average Bonchev–Trinajstić information content (AvgIpc) is 2.95. The number of morpholine rings is 1. The molecule has 2 atom stereocenters. The lowest BCUT2D eigenvalue weighted by Crippen LogP contribution is -2.52. The molecule has 1 saturated heterocycles. The molecule has 1 aromatic heterocycles. The van der Waals surface area contributed by atoms with Crippen molar-refractivity contribution in [3.8, 4) is 0 Å². The van der Waals surface area contributed by atoms with Crippen molar-refractivity contribution >= 4 is 5.91 Å². The first-order valence-electron chi connectivity index (χ1n) is 7.65. The Labute approximate surface area is 125 Å². The maximum Gasteiger partial charge on any atom is 0.226 e. The summed E-state index contributed by atoms with van der Waals surface area (Å²) < 4.78 is 7.75. The fourth-order valence-electron chi connectivity index (χ4n) is 3.20. The topological polar surface area (TPSA) is 47.4 Å². The summed E-state index contributed by atoms with van der Waals surface area (Å²) in [4.78, 5) is 14.7. The van der Waals surface area contributed by atoms with Crippen LogP contribution in [0.2, 0.25) is 0 Å². The number of amides is 1. The molecule has 0 unspecified atom stereocenters. The predicted molar refractivity (Wildman–Crippen MR) is 79.6 cm³/mol. The molecular weight excluding hydrogens is 266 g/mol. The summed E-state index contributed by atoms with van der Waals surface area (Å²) in [7, 11) is 1.90. The van der Waals surface area contributed by atoms with E-state index in [0.717, 1.165) is 24.8 Å². The third kappa shape index (κ3) is 2.88. The normalized spacial score (nSPS) is 29.6. The van der Waals surface area contributed by atoms with Gasteiger partial charge in [-0.1, -0.05) is 12.2 Å². The van der Waals surface area contributed by atoms with Crippen LogP contribution < -0.4 is 0 Å². The van der Waals surface area contributed by atoms with E-state index in [1.54, 1.807) is 4.68 Å². The molecule has 2 aliphatic rings. The minimum atomic E-state index is -0.452. The summed E-state index contributed by atoms with van der Waals surface area (Å²) in [6.45, 7) is 3.93. The molecule has 114 valence electrons. The lowest BCUT2D eigenvalue weighted by molar-refractivity contribution is -0.153. The van der Waals surface area contributed by atoms with Crippen molar-refractivity contribution in [1.82, 2.24) is 14.7 Å². The van der Waals surface area contributed by atoms with Crippen molar-refractivity contribution in [2.75, 3.05) is 19.7 Å². The Bertz CT molecular complexity index is 551. The summed E-state index contributed by atoms with van der Waals surface area (Å²) in [5.41, 5.74) is 0.582. The van der Waals surface area contributed by atoms with Crippen LogP contribution in [0.4, 0.5) is 0 Å². The highest BCUT2D eigenvalue weighted by atomic mass is 16.5. The molecule has 0 radical (unpaired) electrons. The molecule has 0 N–H and O–H groups in total. The molecular formula is C16H23N3O2. The van der Waals surface area contributed by atoms with Crippen LogP contribution in [0.1, 0.15) is 31.7 Å². The molecule has 5 heteroatoms. The van der Waals surface area contributed by atoms with Gasteiger partial charge in [-0.2, -0.15) is 5.10 Å². The molecule has 1 aromatic rings. The molecule has 0 aromatic carbocycles. The van der Waals surface area contributed by atoms with E-state index in [2.05, 4.69) is 17.3 Å². The quantitative estimate of drug-likeness (QED) is 0.781. The minimum Gasteiger partial charge on any atom is -0.367 e. The van der Waals surface area contributed by atoms with Crippen molar-refractivity contribution in [1.29, 1.82) is 0 Å². The molecule has 1 aliphatic carbocycles. The third-order valence-corrected chi connectivity index (χ3v) is 4.52. The van der Waals surface area contributed by atoms with Gasteiger partial charge in [0.25, 0.3) is 0 Å². The summed E-state index contributed by atoms with van der Waals surface area (Å²) in [5, 5.41) is 4.22. The van der Waals surface area contributed by atoms with Crippen LogP contribution in [-0.4, -0.2) is 40.3 Å². The van der Waals surface area contributed by atoms with E-state index in [0.29, 0.717) is 19.7 Å². The third-order valence-electron chi connectivity index (χ3n) is 4.52. The standard InChI is InChI=1S/C16H23N3O2/c1-16(14-10-17-18(2)11-14)12-19(8-9-21-16)15(20)13-6-4-3-5-7-13/h3-4,10-11,13H,5-9,12H2,1-2H3/t13-,16-/m0/s1. The number of aromatic nitrogens is 2. The molecule has 1 fully saturated rings. The summed E-state index contributed by atoms with van der Waals surface area (Å²) in [5.74, 6) is 0.420. The molecule has 0 spiro atoms. The van der Waals surface area contributed by atoms with Gasteiger partial charge in [0.15, 0.2) is 0 Å². The van der Waals surface area contributed by atoms with E-state index in [9.17, 15) is 4.79 Å². The van der Waals surface area contributed by atoms with Crippen molar-refractivity contribution in [3.63, 3.8) is 0 Å². The summed E-state index contributed by atoms with van der Waals surface area (Å²) in [6.07, 6.45) is 11.0. The second-order valence-electron chi connectivity index (χ2n) is 6.22. The number of hydrogen-bond donors (Lipinski definition) is 0. The highest BCUT2D eigenvalue weighted by Crippen LogP contribution is 2.31. The number of rotatable bonds is 2. The molecule has 21 heavy (non-hydrogen) atoms. The zero-order chi connectivity index (χ0) is 14.9.